The fourth-order valence-corrected chi connectivity index (χ4v) is 1.23. The number of hydrogen-bond acceptors (Lipinski definition) is 3. The first-order chi connectivity index (χ1) is 5.11. The van der Waals surface area contributed by atoms with Crippen molar-refractivity contribution in [3.8, 4) is 0 Å². The molecular formula is C8H20N2O. The van der Waals surface area contributed by atoms with Crippen LogP contribution >= 0.6 is 0 Å². The van der Waals surface area contributed by atoms with E-state index in [0.29, 0.717) is 0 Å². The van der Waals surface area contributed by atoms with Gasteiger partial charge in [0.1, 0.15) is 6.23 Å². The van der Waals surface area contributed by atoms with Crippen molar-refractivity contribution in [3.63, 3.8) is 0 Å². The Morgan fingerprint density at radius 3 is 2.00 bits per heavy atom. The van der Waals surface area contributed by atoms with Crippen LogP contribution in [0.15, 0.2) is 0 Å². The molecule has 2 N–H and O–H groups in total. The summed E-state index contributed by atoms with van der Waals surface area (Å²) >= 11 is 0. The third kappa shape index (κ3) is 4.35. The largest absolute Gasteiger partial charge is 0.379 e. The highest BCUT2D eigenvalue weighted by molar-refractivity contribution is 4.61. The first kappa shape index (κ1) is 10.9. The van der Waals surface area contributed by atoms with E-state index in [2.05, 4.69) is 31.0 Å². The Kier molecular flexibility index (Phi) is 5.46. The lowest BCUT2D eigenvalue weighted by Gasteiger charge is -2.28. The van der Waals surface area contributed by atoms with Crippen LogP contribution in [-0.2, 0) is 0 Å². The third-order valence-electron chi connectivity index (χ3n) is 1.84. The molecule has 0 radical (unpaired) electrons. The molecule has 0 aliphatic carbocycles. The molecule has 0 fully saturated rings. The number of nitrogens with zero attached hydrogens (tertiary/aromatic N) is 1. The predicted octanol–water partition coefficient (Wildman–Crippen LogP) is 0.602. The quantitative estimate of drug-likeness (QED) is 0.578. The molecule has 0 aromatic carbocycles. The summed E-state index contributed by atoms with van der Waals surface area (Å²) in [5.74, 6) is 0. The van der Waals surface area contributed by atoms with Gasteiger partial charge in [-0.1, -0.05) is 13.8 Å². The molecule has 0 heterocycles. The number of aliphatic hydroxyl groups is 1. The molecule has 0 aliphatic rings. The zero-order valence-corrected chi connectivity index (χ0v) is 7.96. The molecular weight excluding hydrogens is 140 g/mol. The molecule has 2 atom stereocenters. The van der Waals surface area contributed by atoms with Crippen LogP contribution in [0.1, 0.15) is 27.7 Å². The highest BCUT2D eigenvalue weighted by Crippen LogP contribution is 1.94. The van der Waals surface area contributed by atoms with Crippen LogP contribution in [0.2, 0.25) is 0 Å². The molecule has 0 aromatic rings. The van der Waals surface area contributed by atoms with Crippen LogP contribution in [0.3, 0.4) is 0 Å². The molecule has 0 bridgehead atoms. The normalized spacial score (nSPS) is 16.9. The molecule has 0 amide bonds. The minimum Gasteiger partial charge on any atom is -0.379 e. The maximum Gasteiger partial charge on any atom is 0.103 e. The average Bonchev–Trinajstić information content (AvgIpc) is 1.88. The second-order valence-corrected chi connectivity index (χ2v) is 2.74. The summed E-state index contributed by atoms with van der Waals surface area (Å²) in [5.41, 5.74) is 0. The van der Waals surface area contributed by atoms with E-state index >= 15 is 0 Å². The molecule has 0 spiro atoms. The Labute approximate surface area is 69.4 Å². The number of rotatable bonds is 5. The van der Waals surface area contributed by atoms with E-state index in [4.69, 9.17) is 5.11 Å². The molecule has 0 saturated carbocycles. The SMILES string of the molecule is CCN(CC)C(C)NC(C)O. The van der Waals surface area contributed by atoms with Crippen LogP contribution in [0, 0.1) is 0 Å². The first-order valence-corrected chi connectivity index (χ1v) is 4.30. The van der Waals surface area contributed by atoms with Gasteiger partial charge in [-0.05, 0) is 26.9 Å². The fourth-order valence-electron chi connectivity index (χ4n) is 1.23. The highest BCUT2D eigenvalue weighted by Gasteiger charge is 2.09. The van der Waals surface area contributed by atoms with Gasteiger partial charge in [-0.3, -0.25) is 10.2 Å². The zero-order valence-electron chi connectivity index (χ0n) is 7.96. The molecule has 68 valence electrons. The van der Waals surface area contributed by atoms with Crippen LogP contribution in [0.5, 0.6) is 0 Å². The summed E-state index contributed by atoms with van der Waals surface area (Å²) in [6, 6.07) is 0. The molecule has 0 saturated heterocycles. The standard InChI is InChI=1S/C8H20N2O/c1-5-10(6-2)7(3)9-8(4)11/h7-9,11H,5-6H2,1-4H3. The second kappa shape index (κ2) is 5.52. The monoisotopic (exact) mass is 160 g/mol. The van der Waals surface area contributed by atoms with Crippen molar-refractivity contribution in [2.24, 2.45) is 0 Å². The van der Waals surface area contributed by atoms with Gasteiger partial charge in [0.05, 0.1) is 6.17 Å². The Balaban J connectivity index is 3.68. The number of aliphatic hydroxyl groups excluding tert-OH is 1. The van der Waals surface area contributed by atoms with Gasteiger partial charge in [-0.2, -0.15) is 0 Å². The first-order valence-electron chi connectivity index (χ1n) is 4.30. The van der Waals surface area contributed by atoms with Gasteiger partial charge in [0.2, 0.25) is 0 Å². The van der Waals surface area contributed by atoms with E-state index in [-0.39, 0.29) is 6.17 Å². The summed E-state index contributed by atoms with van der Waals surface area (Å²) in [6.07, 6.45) is -0.171. The minimum atomic E-state index is -0.425. The van der Waals surface area contributed by atoms with Crippen molar-refractivity contribution in [1.29, 1.82) is 0 Å². The Hall–Kier alpha value is -0.120. The third-order valence-corrected chi connectivity index (χ3v) is 1.84. The van der Waals surface area contributed by atoms with Gasteiger partial charge < -0.3 is 5.11 Å². The van der Waals surface area contributed by atoms with Crippen LogP contribution in [0.25, 0.3) is 0 Å². The molecule has 3 heteroatoms. The Morgan fingerprint density at radius 1 is 1.27 bits per heavy atom. The molecule has 0 aliphatic heterocycles. The van der Waals surface area contributed by atoms with Gasteiger partial charge in [0.25, 0.3) is 0 Å². The van der Waals surface area contributed by atoms with Crippen molar-refractivity contribution in [3.05, 3.63) is 0 Å². The highest BCUT2D eigenvalue weighted by atomic mass is 16.3. The number of hydrogen-bond donors (Lipinski definition) is 2. The lowest BCUT2D eigenvalue weighted by atomic mass is 10.4. The summed E-state index contributed by atoms with van der Waals surface area (Å²) in [4.78, 5) is 2.24. The van der Waals surface area contributed by atoms with E-state index in [0.717, 1.165) is 13.1 Å². The number of nitrogens with one attached hydrogen (secondary N) is 1. The molecule has 0 aromatic heterocycles. The van der Waals surface area contributed by atoms with Crippen molar-refractivity contribution in [1.82, 2.24) is 10.2 Å². The van der Waals surface area contributed by atoms with E-state index in [9.17, 15) is 0 Å². The summed E-state index contributed by atoms with van der Waals surface area (Å²) < 4.78 is 0. The summed E-state index contributed by atoms with van der Waals surface area (Å²) in [5, 5.41) is 12.1. The van der Waals surface area contributed by atoms with Crippen LogP contribution < -0.4 is 5.32 Å². The topological polar surface area (TPSA) is 35.5 Å². The van der Waals surface area contributed by atoms with E-state index < -0.39 is 6.23 Å². The van der Waals surface area contributed by atoms with Crippen LogP contribution in [0.4, 0.5) is 0 Å². The van der Waals surface area contributed by atoms with Gasteiger partial charge in [0, 0.05) is 0 Å². The van der Waals surface area contributed by atoms with Gasteiger partial charge in [-0.15, -0.1) is 0 Å². The van der Waals surface area contributed by atoms with E-state index in [1.807, 2.05) is 0 Å². The lowest BCUT2D eigenvalue weighted by Crippen LogP contribution is -2.46. The van der Waals surface area contributed by atoms with Gasteiger partial charge in [-0.25, -0.2) is 0 Å². The summed E-state index contributed by atoms with van der Waals surface area (Å²) in [7, 11) is 0. The fraction of sp³-hybridized carbons (Fsp3) is 1.00. The van der Waals surface area contributed by atoms with E-state index in [1.165, 1.54) is 0 Å². The van der Waals surface area contributed by atoms with Crippen molar-refractivity contribution in [2.45, 2.75) is 40.1 Å². The Bertz CT molecular complexity index is 92.1. The van der Waals surface area contributed by atoms with E-state index in [1.54, 1.807) is 6.92 Å². The van der Waals surface area contributed by atoms with Gasteiger partial charge >= 0.3 is 0 Å². The van der Waals surface area contributed by atoms with Crippen molar-refractivity contribution < 1.29 is 5.11 Å². The minimum absolute atomic E-state index is 0.255. The maximum atomic E-state index is 9.02. The predicted molar refractivity (Wildman–Crippen MR) is 47.2 cm³/mol. The molecule has 3 nitrogen and oxygen atoms in total. The van der Waals surface area contributed by atoms with Crippen molar-refractivity contribution >= 4 is 0 Å². The molecule has 0 rings (SSSR count). The average molecular weight is 160 g/mol. The Morgan fingerprint density at radius 2 is 1.73 bits per heavy atom. The smallest absolute Gasteiger partial charge is 0.103 e. The maximum absolute atomic E-state index is 9.02. The van der Waals surface area contributed by atoms with Crippen LogP contribution in [-0.4, -0.2) is 35.5 Å². The van der Waals surface area contributed by atoms with Crippen molar-refractivity contribution in [2.75, 3.05) is 13.1 Å². The zero-order chi connectivity index (χ0) is 8.85. The molecule has 11 heavy (non-hydrogen) atoms. The summed E-state index contributed by atoms with van der Waals surface area (Å²) in [6.45, 7) is 10.0. The lowest BCUT2D eigenvalue weighted by molar-refractivity contribution is 0.0893. The molecule has 2 unspecified atom stereocenters. The second-order valence-electron chi connectivity index (χ2n) is 2.74. The van der Waals surface area contributed by atoms with Gasteiger partial charge in [0.15, 0.2) is 0 Å².